The first-order chi connectivity index (χ1) is 18.9. The molecule has 0 unspecified atom stereocenters. The third kappa shape index (κ3) is 6.69. The summed E-state index contributed by atoms with van der Waals surface area (Å²) in [7, 11) is -3.87. The third-order valence-corrected chi connectivity index (χ3v) is 9.34. The van der Waals surface area contributed by atoms with Crippen LogP contribution < -0.4 is 14.9 Å². The van der Waals surface area contributed by atoms with Crippen LogP contribution >= 0.6 is 0 Å². The fraction of sp³-hybridized carbons (Fsp3) is 0.387. The van der Waals surface area contributed by atoms with Gasteiger partial charge >= 0.3 is 0 Å². The second-order valence-electron chi connectivity index (χ2n) is 10.4. The molecule has 1 heterocycles. The first kappa shape index (κ1) is 27.4. The minimum absolute atomic E-state index is 0.138. The molecule has 1 amide bonds. The van der Waals surface area contributed by atoms with E-state index in [1.54, 1.807) is 6.07 Å². The molecule has 0 saturated carbocycles. The van der Waals surface area contributed by atoms with Crippen LogP contribution in [0.25, 0.3) is 0 Å². The van der Waals surface area contributed by atoms with E-state index in [4.69, 9.17) is 0 Å². The zero-order valence-corrected chi connectivity index (χ0v) is 23.4. The lowest BCUT2D eigenvalue weighted by molar-refractivity contribution is -0.116. The number of carbonyl (C=O) groups is 1. The molecule has 0 aromatic heterocycles. The van der Waals surface area contributed by atoms with Gasteiger partial charge in [0, 0.05) is 44.3 Å². The van der Waals surface area contributed by atoms with Crippen molar-refractivity contribution in [2.24, 2.45) is 0 Å². The highest BCUT2D eigenvalue weighted by atomic mass is 32.2. The van der Waals surface area contributed by atoms with E-state index in [9.17, 15) is 13.2 Å². The highest BCUT2D eigenvalue weighted by Crippen LogP contribution is 2.34. The molecule has 0 spiro atoms. The summed E-state index contributed by atoms with van der Waals surface area (Å²) in [6.07, 6.45) is 3.61. The van der Waals surface area contributed by atoms with Crippen molar-refractivity contribution in [2.45, 2.75) is 50.0 Å². The van der Waals surface area contributed by atoms with Crippen LogP contribution in [0.15, 0.2) is 77.7 Å². The van der Waals surface area contributed by atoms with E-state index >= 15 is 0 Å². The van der Waals surface area contributed by atoms with Crippen LogP contribution in [0.2, 0.25) is 0 Å². The number of benzene rings is 3. The minimum atomic E-state index is -3.87. The number of hydrogen-bond acceptors (Lipinski definition) is 5. The maximum atomic E-state index is 14.0. The van der Waals surface area contributed by atoms with Crippen LogP contribution in [0.5, 0.6) is 0 Å². The Morgan fingerprint density at radius 1 is 0.949 bits per heavy atom. The molecule has 8 heteroatoms. The van der Waals surface area contributed by atoms with E-state index < -0.39 is 10.0 Å². The number of aryl methyl sites for hydroxylation is 2. The zero-order chi connectivity index (χ0) is 27.2. The van der Waals surface area contributed by atoms with Gasteiger partial charge in [0.25, 0.3) is 0 Å². The Labute approximate surface area is 232 Å². The van der Waals surface area contributed by atoms with Gasteiger partial charge in [-0.3, -0.25) is 4.79 Å². The number of nitrogens with zero attached hydrogens (tertiary/aromatic N) is 2. The second kappa shape index (κ2) is 12.3. The fourth-order valence-electron chi connectivity index (χ4n) is 5.63. The summed E-state index contributed by atoms with van der Waals surface area (Å²) in [5, 5.41) is 2.93. The summed E-state index contributed by atoms with van der Waals surface area (Å²) in [5.74, 6) is -0.138. The van der Waals surface area contributed by atoms with Crippen molar-refractivity contribution >= 4 is 27.3 Å². The first-order valence-electron chi connectivity index (χ1n) is 14.0. The van der Waals surface area contributed by atoms with E-state index in [1.165, 1.54) is 5.56 Å². The van der Waals surface area contributed by atoms with E-state index in [1.807, 2.05) is 60.7 Å². The van der Waals surface area contributed by atoms with Crippen LogP contribution in [0.3, 0.4) is 0 Å². The first-order valence-corrected chi connectivity index (χ1v) is 15.5. The van der Waals surface area contributed by atoms with Gasteiger partial charge in [0.1, 0.15) is 4.90 Å². The Kier molecular flexibility index (Phi) is 8.65. The molecule has 0 radical (unpaired) electrons. The summed E-state index contributed by atoms with van der Waals surface area (Å²) in [6.45, 7) is 6.41. The molecule has 5 rings (SSSR count). The predicted octanol–water partition coefficient (Wildman–Crippen LogP) is 4.76. The van der Waals surface area contributed by atoms with Gasteiger partial charge in [0.15, 0.2) is 0 Å². The topological polar surface area (TPSA) is 81.8 Å². The Hall–Kier alpha value is -3.20. The maximum Gasteiger partial charge on any atom is 0.243 e. The van der Waals surface area contributed by atoms with Crippen molar-refractivity contribution in [3.8, 4) is 0 Å². The smallest absolute Gasteiger partial charge is 0.243 e. The lowest BCUT2D eigenvalue weighted by atomic mass is 9.88. The fourth-order valence-corrected chi connectivity index (χ4v) is 7.13. The number of amides is 1. The quantitative estimate of drug-likeness (QED) is 0.405. The van der Waals surface area contributed by atoms with Gasteiger partial charge in [-0.1, -0.05) is 61.5 Å². The molecule has 2 aliphatic rings. The number of nitrogens with one attached hydrogen (secondary N) is 2. The number of sulfonamides is 1. The van der Waals surface area contributed by atoms with Gasteiger partial charge in [-0.2, -0.15) is 0 Å². The number of likely N-dealkylation sites (N-methyl/N-ethyl adjacent to an activating group) is 1. The molecule has 2 N–H and O–H groups in total. The van der Waals surface area contributed by atoms with Crippen molar-refractivity contribution in [3.63, 3.8) is 0 Å². The molecule has 1 atom stereocenters. The summed E-state index contributed by atoms with van der Waals surface area (Å²) in [6, 6.07) is 23.0. The Bertz CT molecular complexity index is 1390. The van der Waals surface area contributed by atoms with Crippen LogP contribution in [-0.2, 0) is 27.7 Å². The van der Waals surface area contributed by atoms with Crippen molar-refractivity contribution in [3.05, 3.63) is 89.5 Å². The molecule has 1 fully saturated rings. The second-order valence-corrected chi connectivity index (χ2v) is 12.1. The van der Waals surface area contributed by atoms with Crippen LogP contribution in [0.1, 0.15) is 48.9 Å². The Balaban J connectivity index is 1.39. The molecule has 3 aromatic carbocycles. The average molecular weight is 547 g/mol. The number of carbonyl (C=O) groups excluding carboxylic acids is 1. The van der Waals surface area contributed by atoms with Gasteiger partial charge in [-0.25, -0.2) is 13.1 Å². The Morgan fingerprint density at radius 2 is 1.69 bits per heavy atom. The minimum Gasteiger partial charge on any atom is -0.368 e. The standard InChI is InChI=1S/C31H38N4O3S/c1-2-34-19-21-35(22-20-34)29-17-16-26(32-31(36)18-15-24-9-4-3-5-10-24)23-30(29)39(37,38)33-28-14-8-12-25-11-6-7-13-27(25)28/h3-7,9-11,13,16-17,23,28,33H,2,8,12,14-15,18-22H2,1H3,(H,32,36)/t28-/m0/s1. The van der Waals surface area contributed by atoms with Gasteiger partial charge < -0.3 is 15.1 Å². The molecule has 3 aromatic rings. The molecule has 206 valence electrons. The van der Waals surface area contributed by atoms with Gasteiger partial charge in [-0.15, -0.1) is 0 Å². The van der Waals surface area contributed by atoms with Crippen LogP contribution in [0.4, 0.5) is 11.4 Å². The van der Waals surface area contributed by atoms with Crippen LogP contribution in [-0.4, -0.2) is 51.9 Å². The van der Waals surface area contributed by atoms with E-state index in [-0.39, 0.29) is 16.8 Å². The third-order valence-electron chi connectivity index (χ3n) is 7.84. The zero-order valence-electron chi connectivity index (χ0n) is 22.6. The van der Waals surface area contributed by atoms with E-state index in [0.29, 0.717) is 24.2 Å². The SMILES string of the molecule is CCN1CCN(c2ccc(NC(=O)CCc3ccccc3)cc2S(=O)(=O)N[C@H]2CCCc3ccccc32)CC1. The van der Waals surface area contributed by atoms with Crippen LogP contribution in [0, 0.1) is 0 Å². The molecular weight excluding hydrogens is 508 g/mol. The summed E-state index contributed by atoms with van der Waals surface area (Å²) < 4.78 is 31.0. The van der Waals surface area contributed by atoms with Crippen molar-refractivity contribution in [2.75, 3.05) is 42.9 Å². The highest BCUT2D eigenvalue weighted by Gasteiger charge is 2.30. The molecule has 1 aliphatic heterocycles. The van der Waals surface area contributed by atoms with Gasteiger partial charge in [0.2, 0.25) is 15.9 Å². The number of fused-ring (bicyclic) bond motifs is 1. The number of anilines is 2. The summed E-state index contributed by atoms with van der Waals surface area (Å²) in [5.41, 5.74) is 4.52. The monoisotopic (exact) mass is 546 g/mol. The number of piperazine rings is 1. The lowest BCUT2D eigenvalue weighted by Crippen LogP contribution is -2.46. The lowest BCUT2D eigenvalue weighted by Gasteiger charge is -2.36. The molecule has 0 bridgehead atoms. The maximum absolute atomic E-state index is 14.0. The predicted molar refractivity (Wildman–Crippen MR) is 157 cm³/mol. The number of rotatable bonds is 9. The van der Waals surface area contributed by atoms with Crippen molar-refractivity contribution in [1.29, 1.82) is 0 Å². The average Bonchev–Trinajstić information content (AvgIpc) is 2.97. The van der Waals surface area contributed by atoms with E-state index in [2.05, 4.69) is 32.8 Å². The van der Waals surface area contributed by atoms with Gasteiger partial charge in [0.05, 0.1) is 5.69 Å². The normalized spacial score (nSPS) is 18.0. The summed E-state index contributed by atoms with van der Waals surface area (Å²) in [4.78, 5) is 17.5. The van der Waals surface area contributed by atoms with Gasteiger partial charge in [-0.05, 0) is 67.1 Å². The Morgan fingerprint density at radius 3 is 2.46 bits per heavy atom. The highest BCUT2D eigenvalue weighted by molar-refractivity contribution is 7.89. The van der Waals surface area contributed by atoms with E-state index in [0.717, 1.165) is 63.1 Å². The number of hydrogen-bond donors (Lipinski definition) is 2. The van der Waals surface area contributed by atoms with Crippen molar-refractivity contribution in [1.82, 2.24) is 9.62 Å². The molecular formula is C31H38N4O3S. The molecule has 7 nitrogen and oxygen atoms in total. The molecule has 1 aliphatic carbocycles. The van der Waals surface area contributed by atoms with Crippen molar-refractivity contribution < 1.29 is 13.2 Å². The molecule has 1 saturated heterocycles. The largest absolute Gasteiger partial charge is 0.368 e. The summed E-state index contributed by atoms with van der Waals surface area (Å²) >= 11 is 0. The molecule has 39 heavy (non-hydrogen) atoms.